The second-order valence-corrected chi connectivity index (χ2v) is 3.67. The number of fused-ring (bicyclic) bond motifs is 1. The number of hydrogen-bond donors (Lipinski definition) is 1. The molecule has 17 heavy (non-hydrogen) atoms. The van der Waals surface area contributed by atoms with E-state index in [9.17, 15) is 0 Å². The fourth-order valence-corrected chi connectivity index (χ4v) is 1.67. The van der Waals surface area contributed by atoms with Crippen LogP contribution in [0, 0.1) is 6.92 Å². The molecule has 0 aliphatic heterocycles. The van der Waals surface area contributed by atoms with Gasteiger partial charge in [0.05, 0.1) is 16.7 Å². The molecule has 0 fully saturated rings. The summed E-state index contributed by atoms with van der Waals surface area (Å²) < 4.78 is 1.53. The Hall–Kier alpha value is -2.50. The molecule has 2 N–H and O–H groups in total. The molecular formula is C11H10N6. The van der Waals surface area contributed by atoms with Crippen molar-refractivity contribution in [2.24, 2.45) is 0 Å². The normalized spacial score (nSPS) is 10.9. The summed E-state index contributed by atoms with van der Waals surface area (Å²) in [6, 6.07) is 7.69. The van der Waals surface area contributed by atoms with Gasteiger partial charge in [0, 0.05) is 0 Å². The summed E-state index contributed by atoms with van der Waals surface area (Å²) in [4.78, 5) is 12.8. The van der Waals surface area contributed by atoms with Gasteiger partial charge in [-0.1, -0.05) is 12.1 Å². The molecule has 3 aromatic rings. The average Bonchev–Trinajstić information content (AvgIpc) is 2.75. The Morgan fingerprint density at radius 3 is 2.47 bits per heavy atom. The lowest BCUT2D eigenvalue weighted by molar-refractivity contribution is 0.835. The van der Waals surface area contributed by atoms with E-state index in [1.165, 1.54) is 11.0 Å². The van der Waals surface area contributed by atoms with Crippen molar-refractivity contribution in [1.29, 1.82) is 0 Å². The van der Waals surface area contributed by atoms with Crippen LogP contribution in [0.4, 0.5) is 5.95 Å². The van der Waals surface area contributed by atoms with Gasteiger partial charge in [0.15, 0.2) is 5.82 Å². The van der Waals surface area contributed by atoms with Gasteiger partial charge in [-0.25, -0.2) is 15.0 Å². The van der Waals surface area contributed by atoms with Crippen molar-refractivity contribution in [3.63, 3.8) is 0 Å². The van der Waals surface area contributed by atoms with Gasteiger partial charge >= 0.3 is 0 Å². The molecule has 0 saturated carbocycles. The van der Waals surface area contributed by atoms with Crippen LogP contribution in [0.25, 0.3) is 16.9 Å². The summed E-state index contributed by atoms with van der Waals surface area (Å²) in [5.41, 5.74) is 7.96. The van der Waals surface area contributed by atoms with Gasteiger partial charge in [-0.05, 0) is 19.1 Å². The first-order valence-electron chi connectivity index (χ1n) is 5.15. The predicted octanol–water partition coefficient (Wildman–Crippen LogP) is 1.10. The Labute approximate surface area is 97.1 Å². The lowest BCUT2D eigenvalue weighted by Crippen LogP contribution is -2.04. The van der Waals surface area contributed by atoms with E-state index < -0.39 is 0 Å². The number of rotatable bonds is 1. The minimum absolute atomic E-state index is 0.222. The maximum absolute atomic E-state index is 5.49. The number of para-hydroxylation sites is 2. The lowest BCUT2D eigenvalue weighted by Gasteiger charge is -2.05. The molecule has 0 atom stereocenters. The number of aryl methyl sites for hydroxylation is 1. The van der Waals surface area contributed by atoms with Gasteiger partial charge in [-0.2, -0.15) is 4.68 Å². The minimum Gasteiger partial charge on any atom is -0.366 e. The van der Waals surface area contributed by atoms with Gasteiger partial charge < -0.3 is 5.73 Å². The third kappa shape index (κ3) is 1.59. The standard InChI is InChI=1S/C11H10N6/c1-7-10(17-6-13-11(12)16-17)15-9-5-3-2-4-8(9)14-7/h2-6H,1H3,(H2,12,16). The molecule has 6 nitrogen and oxygen atoms in total. The van der Waals surface area contributed by atoms with Crippen molar-refractivity contribution in [3.05, 3.63) is 36.3 Å². The highest BCUT2D eigenvalue weighted by molar-refractivity contribution is 5.75. The van der Waals surface area contributed by atoms with E-state index in [4.69, 9.17) is 5.73 Å². The molecule has 0 saturated heterocycles. The highest BCUT2D eigenvalue weighted by Gasteiger charge is 2.08. The zero-order valence-corrected chi connectivity index (χ0v) is 9.20. The molecule has 2 aromatic heterocycles. The van der Waals surface area contributed by atoms with Crippen molar-refractivity contribution in [2.75, 3.05) is 5.73 Å². The monoisotopic (exact) mass is 226 g/mol. The molecule has 84 valence electrons. The van der Waals surface area contributed by atoms with E-state index in [2.05, 4.69) is 20.1 Å². The fourth-order valence-electron chi connectivity index (χ4n) is 1.67. The highest BCUT2D eigenvalue weighted by atomic mass is 15.4. The van der Waals surface area contributed by atoms with Crippen molar-refractivity contribution < 1.29 is 0 Å². The quantitative estimate of drug-likeness (QED) is 0.671. The largest absolute Gasteiger partial charge is 0.366 e. The van der Waals surface area contributed by atoms with E-state index in [0.717, 1.165) is 16.7 Å². The highest BCUT2D eigenvalue weighted by Crippen LogP contribution is 2.14. The Morgan fingerprint density at radius 1 is 1.12 bits per heavy atom. The number of nitrogens with two attached hydrogens (primary N) is 1. The van der Waals surface area contributed by atoms with Crippen LogP contribution in [0.2, 0.25) is 0 Å². The van der Waals surface area contributed by atoms with Crippen molar-refractivity contribution >= 4 is 17.0 Å². The van der Waals surface area contributed by atoms with E-state index in [0.29, 0.717) is 5.82 Å². The van der Waals surface area contributed by atoms with E-state index in [1.54, 1.807) is 0 Å². The van der Waals surface area contributed by atoms with Crippen LogP contribution in [-0.2, 0) is 0 Å². The summed E-state index contributed by atoms with van der Waals surface area (Å²) in [7, 11) is 0. The maximum atomic E-state index is 5.49. The molecular weight excluding hydrogens is 216 g/mol. The molecule has 0 unspecified atom stereocenters. The number of nitrogens with zero attached hydrogens (tertiary/aromatic N) is 5. The summed E-state index contributed by atoms with van der Waals surface area (Å²) in [5, 5.41) is 4.03. The summed E-state index contributed by atoms with van der Waals surface area (Å²) in [5.74, 6) is 0.868. The zero-order valence-electron chi connectivity index (χ0n) is 9.20. The lowest BCUT2D eigenvalue weighted by atomic mass is 10.3. The summed E-state index contributed by atoms with van der Waals surface area (Å²) in [6.07, 6.45) is 1.53. The summed E-state index contributed by atoms with van der Waals surface area (Å²) >= 11 is 0. The van der Waals surface area contributed by atoms with Gasteiger partial charge in [-0.3, -0.25) is 0 Å². The number of anilines is 1. The van der Waals surface area contributed by atoms with Crippen molar-refractivity contribution in [1.82, 2.24) is 24.7 Å². The van der Waals surface area contributed by atoms with Crippen LogP contribution in [0.5, 0.6) is 0 Å². The second kappa shape index (κ2) is 3.51. The zero-order chi connectivity index (χ0) is 11.8. The number of nitrogen functional groups attached to an aromatic ring is 1. The Balaban J connectivity index is 2.26. The van der Waals surface area contributed by atoms with Crippen LogP contribution in [0.15, 0.2) is 30.6 Å². The van der Waals surface area contributed by atoms with Crippen LogP contribution < -0.4 is 5.73 Å². The van der Waals surface area contributed by atoms with Crippen molar-refractivity contribution in [3.8, 4) is 5.82 Å². The van der Waals surface area contributed by atoms with Crippen LogP contribution in [-0.4, -0.2) is 24.7 Å². The van der Waals surface area contributed by atoms with Gasteiger partial charge in [0.2, 0.25) is 5.95 Å². The molecule has 2 heterocycles. The molecule has 0 bridgehead atoms. The number of aromatic nitrogens is 5. The van der Waals surface area contributed by atoms with E-state index >= 15 is 0 Å². The third-order valence-electron chi connectivity index (χ3n) is 2.45. The van der Waals surface area contributed by atoms with Crippen molar-refractivity contribution in [2.45, 2.75) is 6.92 Å². The molecule has 0 spiro atoms. The molecule has 0 amide bonds. The Bertz CT molecular complexity index is 687. The molecule has 1 aromatic carbocycles. The van der Waals surface area contributed by atoms with E-state index in [-0.39, 0.29) is 5.95 Å². The first-order valence-corrected chi connectivity index (χ1v) is 5.15. The molecule has 0 aliphatic rings. The maximum Gasteiger partial charge on any atom is 0.239 e. The second-order valence-electron chi connectivity index (χ2n) is 3.67. The third-order valence-corrected chi connectivity index (χ3v) is 2.45. The smallest absolute Gasteiger partial charge is 0.239 e. The number of benzene rings is 1. The van der Waals surface area contributed by atoms with Gasteiger partial charge in [0.1, 0.15) is 6.33 Å². The first kappa shape index (κ1) is 9.71. The molecule has 3 rings (SSSR count). The van der Waals surface area contributed by atoms with Crippen LogP contribution >= 0.6 is 0 Å². The van der Waals surface area contributed by atoms with Crippen LogP contribution in [0.3, 0.4) is 0 Å². The van der Waals surface area contributed by atoms with Gasteiger partial charge in [0.25, 0.3) is 0 Å². The topological polar surface area (TPSA) is 82.5 Å². The first-order chi connectivity index (χ1) is 8.24. The fraction of sp³-hybridized carbons (Fsp3) is 0.0909. The summed E-state index contributed by atoms with van der Waals surface area (Å²) in [6.45, 7) is 1.88. The van der Waals surface area contributed by atoms with E-state index in [1.807, 2.05) is 31.2 Å². The Kier molecular flexibility index (Phi) is 2.01. The van der Waals surface area contributed by atoms with Crippen LogP contribution in [0.1, 0.15) is 5.69 Å². The minimum atomic E-state index is 0.222. The molecule has 0 aliphatic carbocycles. The SMILES string of the molecule is Cc1nc2ccccc2nc1-n1cnc(N)n1. The van der Waals surface area contributed by atoms with Gasteiger partial charge in [-0.15, -0.1) is 5.10 Å². The average molecular weight is 226 g/mol. The molecule has 6 heteroatoms. The molecule has 0 radical (unpaired) electrons. The predicted molar refractivity (Wildman–Crippen MR) is 63.6 cm³/mol. The Morgan fingerprint density at radius 2 is 1.82 bits per heavy atom. The number of hydrogen-bond acceptors (Lipinski definition) is 5.